The summed E-state index contributed by atoms with van der Waals surface area (Å²) in [6, 6.07) is 15.0. The Balaban J connectivity index is 1.65. The van der Waals surface area contributed by atoms with Gasteiger partial charge in [-0.1, -0.05) is 6.07 Å². The monoisotopic (exact) mass is 337 g/mol. The molecule has 0 aliphatic carbocycles. The van der Waals surface area contributed by atoms with Crippen molar-refractivity contribution in [2.45, 2.75) is 26.9 Å². The average Bonchev–Trinajstić information content (AvgIpc) is 3.04. The maximum atomic E-state index is 4.56. The van der Waals surface area contributed by atoms with E-state index in [0.717, 1.165) is 48.7 Å². The van der Waals surface area contributed by atoms with E-state index < -0.39 is 0 Å². The van der Waals surface area contributed by atoms with Gasteiger partial charge in [-0.3, -0.25) is 0 Å². The van der Waals surface area contributed by atoms with Crippen LogP contribution in [0.2, 0.25) is 0 Å². The number of benzene rings is 2. The van der Waals surface area contributed by atoms with Gasteiger partial charge in [0, 0.05) is 31.0 Å². The molecule has 5 heteroatoms. The van der Waals surface area contributed by atoms with Crippen LogP contribution in [0, 0.1) is 0 Å². The predicted molar refractivity (Wildman–Crippen MR) is 106 cm³/mol. The normalized spacial score (nSPS) is 11.0. The first-order chi connectivity index (χ1) is 12.2. The van der Waals surface area contributed by atoms with Gasteiger partial charge < -0.3 is 20.5 Å². The molecule has 0 saturated heterocycles. The fourth-order valence-electron chi connectivity index (χ4n) is 3.05. The Kier molecular flexibility index (Phi) is 5.56. The van der Waals surface area contributed by atoms with Crippen molar-refractivity contribution in [3.8, 4) is 0 Å². The van der Waals surface area contributed by atoms with E-state index in [9.17, 15) is 0 Å². The zero-order valence-corrected chi connectivity index (χ0v) is 15.3. The fourth-order valence-corrected chi connectivity index (χ4v) is 3.05. The topological polar surface area (TPSA) is 56.0 Å². The first-order valence-electron chi connectivity index (χ1n) is 8.94. The minimum Gasteiger partial charge on any atom is -0.381 e. The Bertz CT molecular complexity index is 803. The second kappa shape index (κ2) is 8.03. The summed E-state index contributed by atoms with van der Waals surface area (Å²) in [6.07, 6.45) is 0. The molecule has 1 aromatic heterocycles. The molecular weight excluding hydrogens is 310 g/mol. The maximum absolute atomic E-state index is 4.56. The third-order valence-electron chi connectivity index (χ3n) is 4.43. The molecule has 3 N–H and O–H groups in total. The molecule has 3 aromatic rings. The number of imidazole rings is 1. The molecule has 0 unspecified atom stereocenters. The van der Waals surface area contributed by atoms with Gasteiger partial charge in [0.25, 0.3) is 0 Å². The van der Waals surface area contributed by atoms with E-state index in [-0.39, 0.29) is 0 Å². The van der Waals surface area contributed by atoms with Gasteiger partial charge in [0.1, 0.15) is 5.82 Å². The number of hydrogen-bond donors (Lipinski definition) is 3. The highest BCUT2D eigenvalue weighted by molar-refractivity contribution is 5.76. The molecule has 0 fully saturated rings. The molecule has 1 heterocycles. The zero-order chi connectivity index (χ0) is 17.6. The van der Waals surface area contributed by atoms with Gasteiger partial charge in [-0.05, 0) is 62.9 Å². The van der Waals surface area contributed by atoms with Crippen LogP contribution in [0.25, 0.3) is 11.0 Å². The lowest BCUT2D eigenvalue weighted by Gasteiger charge is -2.21. The number of fused-ring (bicyclic) bond motifs is 1. The van der Waals surface area contributed by atoms with Crippen molar-refractivity contribution in [3.05, 3.63) is 53.9 Å². The van der Waals surface area contributed by atoms with Crippen LogP contribution in [-0.2, 0) is 13.1 Å². The molecule has 5 nitrogen and oxygen atoms in total. The van der Waals surface area contributed by atoms with Crippen molar-refractivity contribution in [2.24, 2.45) is 0 Å². The molecule has 0 spiro atoms. The van der Waals surface area contributed by atoms with E-state index >= 15 is 0 Å². The van der Waals surface area contributed by atoms with E-state index in [1.165, 1.54) is 11.3 Å². The van der Waals surface area contributed by atoms with Gasteiger partial charge in [-0.2, -0.15) is 0 Å². The van der Waals surface area contributed by atoms with Crippen molar-refractivity contribution < 1.29 is 0 Å². The number of nitrogens with zero attached hydrogens (tertiary/aromatic N) is 2. The first-order valence-corrected chi connectivity index (χ1v) is 8.94. The summed E-state index contributed by atoms with van der Waals surface area (Å²) in [5.41, 5.74) is 5.74. The summed E-state index contributed by atoms with van der Waals surface area (Å²) in [4.78, 5) is 10.3. The third kappa shape index (κ3) is 4.12. The Hall–Kier alpha value is -2.53. The van der Waals surface area contributed by atoms with Crippen molar-refractivity contribution in [2.75, 3.05) is 30.4 Å². The van der Waals surface area contributed by atoms with Gasteiger partial charge in [0.2, 0.25) is 0 Å². The lowest BCUT2D eigenvalue weighted by molar-refractivity contribution is 0.775. The highest BCUT2D eigenvalue weighted by Crippen LogP contribution is 2.19. The smallest absolute Gasteiger partial charge is 0.121 e. The number of H-pyrrole nitrogens is 1. The lowest BCUT2D eigenvalue weighted by Crippen LogP contribution is -2.21. The van der Waals surface area contributed by atoms with Crippen LogP contribution >= 0.6 is 0 Å². The van der Waals surface area contributed by atoms with Crippen LogP contribution in [0.5, 0.6) is 0 Å². The van der Waals surface area contributed by atoms with Gasteiger partial charge in [-0.25, -0.2) is 4.98 Å². The molecule has 3 rings (SSSR count). The molecule has 132 valence electrons. The van der Waals surface area contributed by atoms with Crippen LogP contribution in [0.15, 0.2) is 42.5 Å². The second-order valence-corrected chi connectivity index (χ2v) is 6.14. The van der Waals surface area contributed by atoms with E-state index in [2.05, 4.69) is 81.8 Å². The molecule has 0 bridgehead atoms. The van der Waals surface area contributed by atoms with Gasteiger partial charge >= 0.3 is 0 Å². The van der Waals surface area contributed by atoms with E-state index in [4.69, 9.17) is 0 Å². The van der Waals surface area contributed by atoms with E-state index in [1.54, 1.807) is 0 Å². The Morgan fingerprint density at radius 2 is 1.76 bits per heavy atom. The van der Waals surface area contributed by atoms with Gasteiger partial charge in [-0.15, -0.1) is 0 Å². The summed E-state index contributed by atoms with van der Waals surface area (Å²) in [7, 11) is 1.92. The van der Waals surface area contributed by atoms with E-state index in [0.29, 0.717) is 0 Å². The Morgan fingerprint density at radius 1 is 1.00 bits per heavy atom. The van der Waals surface area contributed by atoms with Crippen LogP contribution < -0.4 is 15.5 Å². The standard InChI is InChI=1S/C20H27N5/c1-4-25(5-2)17-9-7-16(8-10-17)22-13-15-6-11-18-19(12-15)24-20(23-18)14-21-3/h6-12,21-22H,4-5,13-14H2,1-3H3,(H,23,24). The Labute approximate surface area is 149 Å². The average molecular weight is 337 g/mol. The number of aromatic nitrogens is 2. The molecule has 2 aromatic carbocycles. The lowest BCUT2D eigenvalue weighted by atomic mass is 10.2. The maximum Gasteiger partial charge on any atom is 0.121 e. The van der Waals surface area contributed by atoms with Crippen LogP contribution in [0.4, 0.5) is 11.4 Å². The molecule has 25 heavy (non-hydrogen) atoms. The predicted octanol–water partition coefficient (Wildman–Crippen LogP) is 3.74. The minimum atomic E-state index is 0.751. The Morgan fingerprint density at radius 3 is 2.44 bits per heavy atom. The van der Waals surface area contributed by atoms with Crippen molar-refractivity contribution in [1.29, 1.82) is 0 Å². The molecule has 0 aliphatic heterocycles. The third-order valence-corrected chi connectivity index (χ3v) is 4.43. The molecule has 0 amide bonds. The number of nitrogens with one attached hydrogen (secondary N) is 3. The van der Waals surface area contributed by atoms with Crippen molar-refractivity contribution in [1.82, 2.24) is 15.3 Å². The minimum absolute atomic E-state index is 0.751. The number of aromatic amines is 1. The van der Waals surface area contributed by atoms with Gasteiger partial charge in [0.15, 0.2) is 0 Å². The summed E-state index contributed by atoms with van der Waals surface area (Å²) in [5.74, 6) is 0.967. The number of hydrogen-bond acceptors (Lipinski definition) is 4. The summed E-state index contributed by atoms with van der Waals surface area (Å²) in [6.45, 7) is 7.97. The summed E-state index contributed by atoms with van der Waals surface area (Å²) >= 11 is 0. The highest BCUT2D eigenvalue weighted by Gasteiger charge is 2.04. The zero-order valence-electron chi connectivity index (χ0n) is 15.3. The highest BCUT2D eigenvalue weighted by atomic mass is 15.1. The first kappa shape index (κ1) is 17.3. The quantitative estimate of drug-likeness (QED) is 0.586. The molecule has 0 radical (unpaired) electrons. The fraction of sp³-hybridized carbons (Fsp3) is 0.350. The van der Waals surface area contributed by atoms with Crippen LogP contribution in [0.1, 0.15) is 25.2 Å². The largest absolute Gasteiger partial charge is 0.381 e. The van der Waals surface area contributed by atoms with Gasteiger partial charge in [0.05, 0.1) is 17.6 Å². The molecule has 0 atom stereocenters. The number of anilines is 2. The molecule has 0 aliphatic rings. The van der Waals surface area contributed by atoms with Crippen LogP contribution in [-0.4, -0.2) is 30.1 Å². The molecule has 0 saturated carbocycles. The van der Waals surface area contributed by atoms with Crippen molar-refractivity contribution in [3.63, 3.8) is 0 Å². The summed E-state index contributed by atoms with van der Waals surface area (Å²) in [5, 5.41) is 6.61. The number of rotatable bonds is 8. The van der Waals surface area contributed by atoms with Crippen LogP contribution in [0.3, 0.4) is 0 Å². The molecular formula is C20H27N5. The summed E-state index contributed by atoms with van der Waals surface area (Å²) < 4.78 is 0. The second-order valence-electron chi connectivity index (χ2n) is 6.14. The van der Waals surface area contributed by atoms with E-state index in [1.807, 2.05) is 7.05 Å². The SMILES string of the molecule is CCN(CC)c1ccc(NCc2ccc3nc(CNC)[nH]c3c2)cc1. The van der Waals surface area contributed by atoms with Crippen molar-refractivity contribution >= 4 is 22.4 Å².